The van der Waals surface area contributed by atoms with E-state index in [2.05, 4.69) is 10.6 Å². The molecule has 0 spiro atoms. The summed E-state index contributed by atoms with van der Waals surface area (Å²) < 4.78 is 11.3. The molecule has 9 heteroatoms. The fourth-order valence-electron chi connectivity index (χ4n) is 3.18. The van der Waals surface area contributed by atoms with Gasteiger partial charge in [-0.15, -0.1) is 0 Å². The van der Waals surface area contributed by atoms with E-state index in [1.165, 1.54) is 12.1 Å². The number of rotatable bonds is 9. The van der Waals surface area contributed by atoms with Gasteiger partial charge < -0.3 is 20.1 Å². The molecule has 3 aromatic rings. The Hall–Kier alpha value is -3.99. The molecule has 0 aliphatic heterocycles. The third kappa shape index (κ3) is 7.51. The maximum absolute atomic E-state index is 12.6. The fourth-order valence-corrected chi connectivity index (χ4v) is 3.58. The van der Waals surface area contributed by atoms with E-state index in [4.69, 9.17) is 32.7 Å². The van der Waals surface area contributed by atoms with Crippen LogP contribution in [-0.4, -0.2) is 25.0 Å². The minimum absolute atomic E-state index is 0.119. The predicted octanol–water partition coefficient (Wildman–Crippen LogP) is 6.26. The molecule has 0 aliphatic rings. The normalized spacial score (nSPS) is 10.8. The number of anilines is 2. The Morgan fingerprint density at radius 1 is 1.00 bits per heavy atom. The number of nitriles is 1. The largest absolute Gasteiger partial charge is 0.490 e. The molecule has 7 nitrogen and oxygen atoms in total. The van der Waals surface area contributed by atoms with Gasteiger partial charge in [0.15, 0.2) is 18.1 Å². The van der Waals surface area contributed by atoms with Gasteiger partial charge in [-0.3, -0.25) is 9.59 Å². The van der Waals surface area contributed by atoms with E-state index in [1.807, 2.05) is 25.1 Å². The van der Waals surface area contributed by atoms with Crippen molar-refractivity contribution in [3.05, 3.63) is 87.4 Å². The van der Waals surface area contributed by atoms with Gasteiger partial charge in [-0.25, -0.2) is 0 Å². The number of ether oxygens (including phenoxy) is 2. The van der Waals surface area contributed by atoms with Crippen molar-refractivity contribution in [2.24, 2.45) is 0 Å². The van der Waals surface area contributed by atoms with E-state index in [-0.39, 0.29) is 28.7 Å². The number of amides is 2. The highest BCUT2D eigenvalue weighted by Gasteiger charge is 2.16. The van der Waals surface area contributed by atoms with Crippen LogP contribution in [0, 0.1) is 18.3 Å². The molecule has 36 heavy (non-hydrogen) atoms. The standard InChI is InChI=1S/C27H23Cl2N3O4/c1-3-35-24-14-18(12-19(15-30)27(34)32-22-6-4-5-17(2)11-22)13-23(29)26(24)36-16-25(33)31-21-9-7-20(28)8-10-21/h4-14H,3,16H2,1-2H3,(H,31,33)(H,32,34)/b19-12+. The lowest BCUT2D eigenvalue weighted by atomic mass is 10.1. The first-order valence-corrected chi connectivity index (χ1v) is 11.7. The molecule has 0 fully saturated rings. The Morgan fingerprint density at radius 3 is 2.42 bits per heavy atom. The van der Waals surface area contributed by atoms with E-state index >= 15 is 0 Å². The van der Waals surface area contributed by atoms with Crippen LogP contribution in [-0.2, 0) is 9.59 Å². The van der Waals surface area contributed by atoms with Crippen molar-refractivity contribution < 1.29 is 19.1 Å². The second-order valence-electron chi connectivity index (χ2n) is 7.60. The summed E-state index contributed by atoms with van der Waals surface area (Å²) in [5.41, 5.74) is 2.46. The summed E-state index contributed by atoms with van der Waals surface area (Å²) in [6.07, 6.45) is 1.40. The zero-order valence-electron chi connectivity index (χ0n) is 19.6. The van der Waals surface area contributed by atoms with E-state index in [9.17, 15) is 14.9 Å². The van der Waals surface area contributed by atoms with Crippen LogP contribution in [0.1, 0.15) is 18.1 Å². The van der Waals surface area contributed by atoms with Gasteiger partial charge in [0, 0.05) is 16.4 Å². The number of aryl methyl sites for hydroxylation is 1. The maximum atomic E-state index is 12.6. The van der Waals surface area contributed by atoms with E-state index in [0.717, 1.165) is 5.56 Å². The molecule has 0 bridgehead atoms. The summed E-state index contributed by atoms with van der Waals surface area (Å²) in [5, 5.41) is 15.7. The van der Waals surface area contributed by atoms with Crippen LogP contribution in [0.4, 0.5) is 11.4 Å². The quantitative estimate of drug-likeness (QED) is 0.254. The number of nitrogens with one attached hydrogen (secondary N) is 2. The summed E-state index contributed by atoms with van der Waals surface area (Å²) >= 11 is 12.3. The van der Waals surface area contributed by atoms with Gasteiger partial charge in [0.25, 0.3) is 11.8 Å². The molecular weight excluding hydrogens is 501 g/mol. The SMILES string of the molecule is CCOc1cc(/C=C(\C#N)C(=O)Nc2cccc(C)c2)cc(Cl)c1OCC(=O)Nc1ccc(Cl)cc1. The molecule has 0 heterocycles. The molecule has 3 rings (SSSR count). The maximum Gasteiger partial charge on any atom is 0.266 e. The Morgan fingerprint density at radius 2 is 1.75 bits per heavy atom. The zero-order chi connectivity index (χ0) is 26.1. The molecule has 2 N–H and O–H groups in total. The smallest absolute Gasteiger partial charge is 0.266 e. The topological polar surface area (TPSA) is 100 Å². The average molecular weight is 524 g/mol. The number of halogens is 2. The molecule has 0 saturated carbocycles. The Balaban J connectivity index is 1.76. The lowest BCUT2D eigenvalue weighted by molar-refractivity contribution is -0.118. The Labute approximate surface area is 219 Å². The van der Waals surface area contributed by atoms with Crippen molar-refractivity contribution in [3.63, 3.8) is 0 Å². The first-order chi connectivity index (χ1) is 17.3. The Bertz CT molecular complexity index is 1330. The van der Waals surface area contributed by atoms with Crippen LogP contribution in [0.3, 0.4) is 0 Å². The van der Waals surface area contributed by atoms with Crippen LogP contribution in [0.5, 0.6) is 11.5 Å². The van der Waals surface area contributed by atoms with Crippen LogP contribution in [0.25, 0.3) is 6.08 Å². The lowest BCUT2D eigenvalue weighted by Crippen LogP contribution is -2.20. The van der Waals surface area contributed by atoms with Crippen molar-refractivity contribution in [3.8, 4) is 17.6 Å². The highest BCUT2D eigenvalue weighted by atomic mass is 35.5. The zero-order valence-corrected chi connectivity index (χ0v) is 21.1. The molecule has 3 aromatic carbocycles. The average Bonchev–Trinajstić information content (AvgIpc) is 2.83. The van der Waals surface area contributed by atoms with Crippen molar-refractivity contribution >= 4 is 52.5 Å². The van der Waals surface area contributed by atoms with Crippen molar-refractivity contribution in [2.45, 2.75) is 13.8 Å². The van der Waals surface area contributed by atoms with Gasteiger partial charge in [-0.2, -0.15) is 5.26 Å². The highest BCUT2D eigenvalue weighted by molar-refractivity contribution is 6.32. The van der Waals surface area contributed by atoms with Gasteiger partial charge >= 0.3 is 0 Å². The molecule has 0 aromatic heterocycles. The molecule has 0 unspecified atom stereocenters. The molecule has 184 valence electrons. The van der Waals surface area contributed by atoms with E-state index in [1.54, 1.807) is 49.4 Å². The summed E-state index contributed by atoms with van der Waals surface area (Å²) in [5.74, 6) is -0.521. The molecule has 0 aliphatic carbocycles. The summed E-state index contributed by atoms with van der Waals surface area (Å²) in [4.78, 5) is 24.9. The van der Waals surface area contributed by atoms with Gasteiger partial charge in [0.1, 0.15) is 11.6 Å². The van der Waals surface area contributed by atoms with Crippen LogP contribution in [0.15, 0.2) is 66.2 Å². The van der Waals surface area contributed by atoms with Gasteiger partial charge in [0.2, 0.25) is 0 Å². The van der Waals surface area contributed by atoms with Gasteiger partial charge in [-0.1, -0.05) is 35.3 Å². The van der Waals surface area contributed by atoms with Crippen molar-refractivity contribution in [1.82, 2.24) is 0 Å². The van der Waals surface area contributed by atoms with Crippen molar-refractivity contribution in [2.75, 3.05) is 23.8 Å². The molecule has 0 saturated heterocycles. The lowest BCUT2D eigenvalue weighted by Gasteiger charge is -2.15. The minimum atomic E-state index is -0.559. The number of nitrogens with zero attached hydrogens (tertiary/aromatic N) is 1. The first-order valence-electron chi connectivity index (χ1n) is 10.9. The number of benzene rings is 3. The van der Waals surface area contributed by atoms with Gasteiger partial charge in [-0.05, 0) is 79.6 Å². The van der Waals surface area contributed by atoms with E-state index in [0.29, 0.717) is 28.6 Å². The fraction of sp³-hybridized carbons (Fsp3) is 0.148. The number of hydrogen-bond acceptors (Lipinski definition) is 5. The van der Waals surface area contributed by atoms with Crippen LogP contribution < -0.4 is 20.1 Å². The summed E-state index contributed by atoms with van der Waals surface area (Å²) in [6, 6.07) is 18.9. The minimum Gasteiger partial charge on any atom is -0.490 e. The third-order valence-corrected chi connectivity index (χ3v) is 5.29. The Kier molecular flexibility index (Phi) is 9.34. The summed E-state index contributed by atoms with van der Waals surface area (Å²) in [7, 11) is 0. The first kappa shape index (κ1) is 26.6. The predicted molar refractivity (Wildman–Crippen MR) is 142 cm³/mol. The monoisotopic (exact) mass is 523 g/mol. The molecule has 2 amide bonds. The van der Waals surface area contributed by atoms with Crippen LogP contribution in [0.2, 0.25) is 10.0 Å². The molecule has 0 atom stereocenters. The molecule has 0 radical (unpaired) electrons. The van der Waals surface area contributed by atoms with Crippen LogP contribution >= 0.6 is 23.2 Å². The number of carbonyl (C=O) groups excluding carboxylic acids is 2. The van der Waals surface area contributed by atoms with Gasteiger partial charge in [0.05, 0.1) is 11.6 Å². The second-order valence-corrected chi connectivity index (χ2v) is 8.44. The highest BCUT2D eigenvalue weighted by Crippen LogP contribution is 2.37. The number of hydrogen-bond donors (Lipinski definition) is 2. The molecular formula is C27H23Cl2N3O4. The van der Waals surface area contributed by atoms with Crippen molar-refractivity contribution in [1.29, 1.82) is 5.26 Å². The third-order valence-electron chi connectivity index (χ3n) is 4.76. The second kappa shape index (κ2) is 12.6. The van der Waals surface area contributed by atoms with E-state index < -0.39 is 11.8 Å². The summed E-state index contributed by atoms with van der Waals surface area (Å²) in [6.45, 7) is 3.66. The number of carbonyl (C=O) groups is 2.